The van der Waals surface area contributed by atoms with Gasteiger partial charge in [-0.3, -0.25) is 14.7 Å². The summed E-state index contributed by atoms with van der Waals surface area (Å²) in [7, 11) is 0. The van der Waals surface area contributed by atoms with Crippen molar-refractivity contribution in [3.8, 4) is 0 Å². The summed E-state index contributed by atoms with van der Waals surface area (Å²) in [6.07, 6.45) is 2.29. The fourth-order valence-corrected chi connectivity index (χ4v) is 3.13. The largest absolute Gasteiger partial charge is 0.335 e. The van der Waals surface area contributed by atoms with E-state index in [0.29, 0.717) is 37.8 Å². The van der Waals surface area contributed by atoms with Gasteiger partial charge in [0.2, 0.25) is 0 Å². The first-order valence-electron chi connectivity index (χ1n) is 8.52. The fourth-order valence-electron chi connectivity index (χ4n) is 3.13. The molecule has 7 heteroatoms. The topological polar surface area (TPSA) is 69.3 Å². The Hall–Kier alpha value is -2.70. The summed E-state index contributed by atoms with van der Waals surface area (Å²) in [4.78, 5) is 28.2. The highest BCUT2D eigenvalue weighted by molar-refractivity contribution is 5.95. The second kappa shape index (κ2) is 6.31. The van der Waals surface area contributed by atoms with Crippen LogP contribution in [0.25, 0.3) is 0 Å². The van der Waals surface area contributed by atoms with Gasteiger partial charge in [0.25, 0.3) is 11.8 Å². The maximum atomic E-state index is 13.8. The van der Waals surface area contributed by atoms with E-state index in [1.165, 1.54) is 12.1 Å². The molecule has 2 amide bonds. The first-order valence-corrected chi connectivity index (χ1v) is 8.52. The predicted molar refractivity (Wildman–Crippen MR) is 88.8 cm³/mol. The van der Waals surface area contributed by atoms with Crippen molar-refractivity contribution in [2.45, 2.75) is 18.8 Å². The van der Waals surface area contributed by atoms with Gasteiger partial charge >= 0.3 is 0 Å². The fraction of sp³-hybridized carbons (Fsp3) is 0.389. The van der Waals surface area contributed by atoms with Crippen molar-refractivity contribution in [3.05, 3.63) is 53.1 Å². The lowest BCUT2D eigenvalue weighted by Gasteiger charge is -2.34. The minimum atomic E-state index is -0.518. The first kappa shape index (κ1) is 15.8. The van der Waals surface area contributed by atoms with Crippen LogP contribution in [0, 0.1) is 5.82 Å². The number of hydrogen-bond acceptors (Lipinski definition) is 3. The van der Waals surface area contributed by atoms with E-state index >= 15 is 0 Å². The Morgan fingerprint density at radius 2 is 1.68 bits per heavy atom. The summed E-state index contributed by atoms with van der Waals surface area (Å²) >= 11 is 0. The van der Waals surface area contributed by atoms with Crippen LogP contribution in [0.15, 0.2) is 30.3 Å². The number of nitrogens with zero attached hydrogens (tertiary/aromatic N) is 3. The third-order valence-corrected chi connectivity index (χ3v) is 4.79. The molecule has 2 heterocycles. The van der Waals surface area contributed by atoms with Crippen molar-refractivity contribution in [3.63, 3.8) is 0 Å². The van der Waals surface area contributed by atoms with Gasteiger partial charge in [0.05, 0.1) is 5.56 Å². The Kier molecular flexibility index (Phi) is 3.99. The van der Waals surface area contributed by atoms with E-state index in [2.05, 4.69) is 10.2 Å². The molecule has 2 aromatic rings. The zero-order valence-electron chi connectivity index (χ0n) is 13.7. The highest BCUT2D eigenvalue weighted by Crippen LogP contribution is 2.39. The van der Waals surface area contributed by atoms with Crippen LogP contribution in [0.3, 0.4) is 0 Å². The highest BCUT2D eigenvalue weighted by atomic mass is 19.1. The number of nitrogens with one attached hydrogen (secondary N) is 1. The second-order valence-electron chi connectivity index (χ2n) is 6.55. The normalized spacial score (nSPS) is 17.6. The number of aromatic amines is 1. The van der Waals surface area contributed by atoms with Gasteiger partial charge in [0, 0.05) is 37.8 Å². The Morgan fingerprint density at radius 1 is 1.04 bits per heavy atom. The van der Waals surface area contributed by atoms with Crippen molar-refractivity contribution in [1.29, 1.82) is 0 Å². The molecule has 0 atom stereocenters. The van der Waals surface area contributed by atoms with Crippen molar-refractivity contribution >= 4 is 11.8 Å². The van der Waals surface area contributed by atoms with E-state index in [1.54, 1.807) is 21.9 Å². The number of halogens is 1. The lowest BCUT2D eigenvalue weighted by molar-refractivity contribution is 0.0529. The molecule has 2 fully saturated rings. The van der Waals surface area contributed by atoms with Crippen LogP contribution in [0.5, 0.6) is 0 Å². The lowest BCUT2D eigenvalue weighted by atomic mass is 10.1. The van der Waals surface area contributed by atoms with Gasteiger partial charge in [-0.25, -0.2) is 4.39 Å². The van der Waals surface area contributed by atoms with E-state index in [9.17, 15) is 14.0 Å². The maximum absolute atomic E-state index is 13.8. The maximum Gasteiger partial charge on any atom is 0.274 e. The molecule has 4 rings (SSSR count). The number of hydrogen-bond donors (Lipinski definition) is 1. The summed E-state index contributed by atoms with van der Waals surface area (Å²) in [5.41, 5.74) is 1.52. The summed E-state index contributed by atoms with van der Waals surface area (Å²) in [5, 5.41) is 7.06. The molecule has 1 saturated heterocycles. The molecule has 25 heavy (non-hydrogen) atoms. The third kappa shape index (κ3) is 3.14. The predicted octanol–water partition coefficient (Wildman–Crippen LogP) is 2.02. The molecule has 1 N–H and O–H groups in total. The summed E-state index contributed by atoms with van der Waals surface area (Å²) in [6, 6.07) is 7.80. The summed E-state index contributed by atoms with van der Waals surface area (Å²) < 4.78 is 13.8. The zero-order chi connectivity index (χ0) is 17.4. The second-order valence-corrected chi connectivity index (χ2v) is 6.55. The number of aromatic nitrogens is 2. The molecule has 1 aromatic carbocycles. The molecule has 1 aliphatic carbocycles. The van der Waals surface area contributed by atoms with Crippen molar-refractivity contribution < 1.29 is 14.0 Å². The molecule has 1 saturated carbocycles. The minimum Gasteiger partial charge on any atom is -0.335 e. The molecule has 1 aliphatic heterocycles. The van der Waals surface area contributed by atoms with E-state index in [-0.39, 0.29) is 17.4 Å². The van der Waals surface area contributed by atoms with E-state index < -0.39 is 5.82 Å². The van der Waals surface area contributed by atoms with Crippen LogP contribution in [0.1, 0.15) is 45.3 Å². The molecule has 2 aliphatic rings. The number of H-pyrrole nitrogens is 1. The molecule has 130 valence electrons. The van der Waals surface area contributed by atoms with Crippen LogP contribution < -0.4 is 0 Å². The summed E-state index contributed by atoms with van der Waals surface area (Å²) in [5.74, 6) is -0.457. The van der Waals surface area contributed by atoms with Gasteiger partial charge in [-0.2, -0.15) is 5.10 Å². The van der Waals surface area contributed by atoms with Gasteiger partial charge in [0.1, 0.15) is 11.5 Å². The standard InChI is InChI=1S/C18H19FN4O2/c19-14-4-2-1-3-13(14)17(24)22-7-9-23(10-8-22)18(25)16-11-15(20-21-16)12-5-6-12/h1-4,11-12H,5-10H2,(H,20,21). The van der Waals surface area contributed by atoms with Crippen LogP contribution in [0.2, 0.25) is 0 Å². The zero-order valence-corrected chi connectivity index (χ0v) is 13.7. The van der Waals surface area contributed by atoms with E-state index in [4.69, 9.17) is 0 Å². The van der Waals surface area contributed by atoms with Crippen LogP contribution in [-0.2, 0) is 0 Å². The molecule has 0 spiro atoms. The Bertz CT molecular complexity index is 807. The molecule has 6 nitrogen and oxygen atoms in total. The molecular weight excluding hydrogens is 323 g/mol. The first-order chi connectivity index (χ1) is 12.1. The number of carbonyl (C=O) groups is 2. The van der Waals surface area contributed by atoms with Crippen LogP contribution in [-0.4, -0.2) is 58.0 Å². The van der Waals surface area contributed by atoms with Gasteiger partial charge < -0.3 is 9.80 Å². The third-order valence-electron chi connectivity index (χ3n) is 4.79. The van der Waals surface area contributed by atoms with Gasteiger partial charge in [-0.15, -0.1) is 0 Å². The van der Waals surface area contributed by atoms with E-state index in [0.717, 1.165) is 18.5 Å². The molecule has 0 radical (unpaired) electrons. The molecular formula is C18H19FN4O2. The van der Waals surface area contributed by atoms with Gasteiger partial charge in [0.15, 0.2) is 0 Å². The number of piperazine rings is 1. The Balaban J connectivity index is 1.38. The Labute approximate surface area is 144 Å². The molecule has 0 unspecified atom stereocenters. The van der Waals surface area contributed by atoms with Crippen molar-refractivity contribution in [2.75, 3.05) is 26.2 Å². The summed E-state index contributed by atoms with van der Waals surface area (Å²) in [6.45, 7) is 1.62. The highest BCUT2D eigenvalue weighted by Gasteiger charge is 2.30. The van der Waals surface area contributed by atoms with Gasteiger partial charge in [-0.05, 0) is 31.0 Å². The monoisotopic (exact) mass is 342 g/mol. The van der Waals surface area contributed by atoms with Crippen LogP contribution in [0.4, 0.5) is 4.39 Å². The van der Waals surface area contributed by atoms with Gasteiger partial charge in [-0.1, -0.05) is 12.1 Å². The minimum absolute atomic E-state index is 0.0728. The number of carbonyl (C=O) groups excluding carboxylic acids is 2. The quantitative estimate of drug-likeness (QED) is 0.928. The van der Waals surface area contributed by atoms with Crippen molar-refractivity contribution in [2.24, 2.45) is 0 Å². The lowest BCUT2D eigenvalue weighted by Crippen LogP contribution is -2.50. The molecule has 0 bridgehead atoms. The number of rotatable bonds is 3. The molecule has 1 aromatic heterocycles. The van der Waals surface area contributed by atoms with E-state index in [1.807, 2.05) is 6.07 Å². The average molecular weight is 342 g/mol. The van der Waals surface area contributed by atoms with Crippen molar-refractivity contribution in [1.82, 2.24) is 20.0 Å². The number of amides is 2. The number of benzene rings is 1. The SMILES string of the molecule is O=C(c1cc(C2CC2)[nH]n1)N1CCN(C(=O)c2ccccc2F)CC1. The Morgan fingerprint density at radius 3 is 2.32 bits per heavy atom. The smallest absolute Gasteiger partial charge is 0.274 e. The average Bonchev–Trinajstić information content (AvgIpc) is 3.38. The van der Waals surface area contributed by atoms with Crippen LogP contribution >= 0.6 is 0 Å².